The van der Waals surface area contributed by atoms with Crippen LogP contribution in [-0.4, -0.2) is 38.4 Å². The van der Waals surface area contributed by atoms with Gasteiger partial charge in [-0.1, -0.05) is 13.3 Å². The molecule has 1 amide bonds. The molecule has 3 aromatic rings. The maximum absolute atomic E-state index is 12.1. The van der Waals surface area contributed by atoms with Gasteiger partial charge >= 0.3 is 0 Å². The smallest absolute Gasteiger partial charge is 0.251 e. The van der Waals surface area contributed by atoms with Gasteiger partial charge in [-0.3, -0.25) is 4.79 Å². The molecule has 0 saturated carbocycles. The van der Waals surface area contributed by atoms with Crippen molar-refractivity contribution < 1.29 is 4.79 Å². The highest BCUT2D eigenvalue weighted by Gasteiger charge is 2.10. The summed E-state index contributed by atoms with van der Waals surface area (Å²) in [6.07, 6.45) is 3.69. The number of amides is 1. The van der Waals surface area contributed by atoms with E-state index in [2.05, 4.69) is 42.8 Å². The van der Waals surface area contributed by atoms with Crippen LogP contribution in [0.2, 0.25) is 0 Å². The fraction of sp³-hybridized carbons (Fsp3) is 0.381. The Morgan fingerprint density at radius 3 is 2.60 bits per heavy atom. The average molecular weight is 409 g/mol. The van der Waals surface area contributed by atoms with Crippen LogP contribution in [0, 0.1) is 0 Å². The standard InChI is InChI=1S/C21H28N8O/c1-4-5-10-23-20(30)14-6-8-15(9-7-14)24-11-16-12-25-19-17(27-16)18(22)28-21(29-19)26-13(2)3/h6-9,12-13,24H,4-5,10-11H2,1-3H3,(H,23,30)(H3,22,25,26,28,29). The van der Waals surface area contributed by atoms with Crippen LogP contribution in [0.4, 0.5) is 17.5 Å². The van der Waals surface area contributed by atoms with E-state index in [1.807, 2.05) is 26.0 Å². The first-order valence-corrected chi connectivity index (χ1v) is 10.1. The second-order valence-corrected chi connectivity index (χ2v) is 7.31. The molecule has 0 aliphatic rings. The molecule has 9 heteroatoms. The minimum Gasteiger partial charge on any atom is -0.382 e. The fourth-order valence-electron chi connectivity index (χ4n) is 2.79. The first-order valence-electron chi connectivity index (χ1n) is 10.1. The number of anilines is 3. The average Bonchev–Trinajstić information content (AvgIpc) is 2.72. The second kappa shape index (κ2) is 9.82. The summed E-state index contributed by atoms with van der Waals surface area (Å²) in [6, 6.07) is 7.51. The molecule has 30 heavy (non-hydrogen) atoms. The third-order valence-corrected chi connectivity index (χ3v) is 4.34. The molecule has 1 aromatic carbocycles. The van der Waals surface area contributed by atoms with E-state index in [1.54, 1.807) is 18.3 Å². The Kier molecular flexibility index (Phi) is 6.95. The fourth-order valence-corrected chi connectivity index (χ4v) is 2.79. The molecule has 9 nitrogen and oxygen atoms in total. The summed E-state index contributed by atoms with van der Waals surface area (Å²) >= 11 is 0. The molecule has 5 N–H and O–H groups in total. The van der Waals surface area contributed by atoms with E-state index in [4.69, 9.17) is 5.73 Å². The molecular weight excluding hydrogens is 380 g/mol. The van der Waals surface area contributed by atoms with E-state index in [0.717, 1.165) is 18.5 Å². The van der Waals surface area contributed by atoms with Gasteiger partial charge in [0, 0.05) is 23.8 Å². The van der Waals surface area contributed by atoms with Gasteiger partial charge in [0.05, 0.1) is 18.4 Å². The molecule has 158 valence electrons. The number of aromatic nitrogens is 4. The topological polar surface area (TPSA) is 131 Å². The zero-order valence-corrected chi connectivity index (χ0v) is 17.6. The minimum absolute atomic E-state index is 0.0582. The zero-order valence-electron chi connectivity index (χ0n) is 17.6. The predicted molar refractivity (Wildman–Crippen MR) is 119 cm³/mol. The molecule has 0 saturated heterocycles. The highest BCUT2D eigenvalue weighted by Crippen LogP contribution is 2.17. The maximum atomic E-state index is 12.1. The number of rotatable bonds is 9. The molecule has 0 atom stereocenters. The van der Waals surface area contributed by atoms with Crippen molar-refractivity contribution in [3.63, 3.8) is 0 Å². The Morgan fingerprint density at radius 2 is 1.90 bits per heavy atom. The van der Waals surface area contributed by atoms with Gasteiger partial charge in [-0.15, -0.1) is 0 Å². The van der Waals surface area contributed by atoms with Crippen molar-refractivity contribution in [2.45, 2.75) is 46.2 Å². The summed E-state index contributed by atoms with van der Waals surface area (Å²) in [7, 11) is 0. The largest absolute Gasteiger partial charge is 0.382 e. The lowest BCUT2D eigenvalue weighted by Gasteiger charge is -2.11. The van der Waals surface area contributed by atoms with Gasteiger partial charge in [0.25, 0.3) is 5.91 Å². The van der Waals surface area contributed by atoms with Crippen LogP contribution in [-0.2, 0) is 6.54 Å². The molecule has 0 bridgehead atoms. The molecule has 0 radical (unpaired) electrons. The molecule has 2 heterocycles. The van der Waals surface area contributed by atoms with Crippen LogP contribution >= 0.6 is 0 Å². The summed E-state index contributed by atoms with van der Waals surface area (Å²) in [5, 5.41) is 9.30. The van der Waals surface area contributed by atoms with Crippen LogP contribution in [0.15, 0.2) is 30.5 Å². The number of nitrogen functional groups attached to an aromatic ring is 1. The summed E-state index contributed by atoms with van der Waals surface area (Å²) < 4.78 is 0. The van der Waals surface area contributed by atoms with E-state index >= 15 is 0 Å². The Balaban J connectivity index is 1.64. The van der Waals surface area contributed by atoms with E-state index in [9.17, 15) is 4.79 Å². The lowest BCUT2D eigenvalue weighted by atomic mass is 10.2. The van der Waals surface area contributed by atoms with Gasteiger partial charge in [0.2, 0.25) is 5.95 Å². The molecule has 0 fully saturated rings. The molecule has 0 unspecified atom stereocenters. The van der Waals surface area contributed by atoms with E-state index in [-0.39, 0.29) is 17.8 Å². The monoisotopic (exact) mass is 408 g/mol. The first-order chi connectivity index (χ1) is 14.5. The van der Waals surface area contributed by atoms with Crippen molar-refractivity contribution in [1.29, 1.82) is 0 Å². The van der Waals surface area contributed by atoms with E-state index in [1.165, 1.54) is 0 Å². The molecule has 2 aromatic heterocycles. The summed E-state index contributed by atoms with van der Waals surface area (Å²) in [5.74, 6) is 0.669. The second-order valence-electron chi connectivity index (χ2n) is 7.31. The number of nitrogens with zero attached hydrogens (tertiary/aromatic N) is 4. The predicted octanol–water partition coefficient (Wildman–Crippen LogP) is 2.96. The SMILES string of the molecule is CCCCNC(=O)c1ccc(NCc2cnc3nc(NC(C)C)nc(N)c3n2)cc1. The highest BCUT2D eigenvalue weighted by atomic mass is 16.1. The lowest BCUT2D eigenvalue weighted by molar-refractivity contribution is 0.0953. The van der Waals surface area contributed by atoms with Gasteiger partial charge in [0.1, 0.15) is 0 Å². The van der Waals surface area contributed by atoms with Gasteiger partial charge in [-0.25, -0.2) is 9.97 Å². The highest BCUT2D eigenvalue weighted by molar-refractivity contribution is 5.94. The number of nitrogens with one attached hydrogen (secondary N) is 3. The van der Waals surface area contributed by atoms with Crippen molar-refractivity contribution in [3.8, 4) is 0 Å². The molecule has 0 spiro atoms. The number of hydrogen-bond acceptors (Lipinski definition) is 8. The van der Waals surface area contributed by atoms with E-state index in [0.29, 0.717) is 41.5 Å². The third-order valence-electron chi connectivity index (χ3n) is 4.34. The van der Waals surface area contributed by atoms with Gasteiger partial charge < -0.3 is 21.7 Å². The lowest BCUT2D eigenvalue weighted by Crippen LogP contribution is -2.24. The maximum Gasteiger partial charge on any atom is 0.251 e. The van der Waals surface area contributed by atoms with Crippen molar-refractivity contribution in [1.82, 2.24) is 25.3 Å². The molecule has 3 rings (SSSR count). The number of fused-ring (bicyclic) bond motifs is 1. The number of nitrogens with two attached hydrogens (primary N) is 1. The quantitative estimate of drug-likeness (QED) is 0.398. The van der Waals surface area contributed by atoms with Crippen LogP contribution in [0.25, 0.3) is 11.2 Å². The van der Waals surface area contributed by atoms with Crippen LogP contribution < -0.4 is 21.7 Å². The summed E-state index contributed by atoms with van der Waals surface area (Å²) in [5.41, 5.74) is 9.20. The number of carbonyl (C=O) groups excluding carboxylic acids is 1. The van der Waals surface area contributed by atoms with Gasteiger partial charge in [0.15, 0.2) is 17.0 Å². The molecule has 0 aliphatic carbocycles. The zero-order chi connectivity index (χ0) is 21.5. The Hall–Kier alpha value is -3.49. The molecular formula is C21H28N8O. The van der Waals surface area contributed by atoms with Crippen molar-refractivity contribution >= 4 is 34.5 Å². The summed E-state index contributed by atoms with van der Waals surface area (Å²) in [6.45, 7) is 7.23. The molecule has 0 aliphatic heterocycles. The first kappa shape index (κ1) is 21.2. The Morgan fingerprint density at radius 1 is 1.13 bits per heavy atom. The van der Waals surface area contributed by atoms with Crippen LogP contribution in [0.1, 0.15) is 49.7 Å². The number of carbonyl (C=O) groups is 1. The third kappa shape index (κ3) is 5.53. The summed E-state index contributed by atoms with van der Waals surface area (Å²) in [4.78, 5) is 29.6. The Bertz CT molecular complexity index is 1000. The Labute approximate surface area is 175 Å². The normalized spacial score (nSPS) is 10.9. The number of benzene rings is 1. The van der Waals surface area contributed by atoms with Gasteiger partial charge in [-0.05, 0) is 44.5 Å². The van der Waals surface area contributed by atoms with Crippen LogP contribution in [0.5, 0.6) is 0 Å². The van der Waals surface area contributed by atoms with Crippen molar-refractivity contribution in [3.05, 3.63) is 41.7 Å². The van der Waals surface area contributed by atoms with Crippen molar-refractivity contribution in [2.75, 3.05) is 22.9 Å². The van der Waals surface area contributed by atoms with Crippen molar-refractivity contribution in [2.24, 2.45) is 0 Å². The van der Waals surface area contributed by atoms with E-state index < -0.39 is 0 Å². The van der Waals surface area contributed by atoms with Gasteiger partial charge in [-0.2, -0.15) is 9.97 Å². The minimum atomic E-state index is -0.0582. The van der Waals surface area contributed by atoms with Crippen LogP contribution in [0.3, 0.4) is 0 Å². The number of hydrogen-bond donors (Lipinski definition) is 4. The number of unbranched alkanes of at least 4 members (excludes halogenated alkanes) is 1.